The van der Waals surface area contributed by atoms with Crippen LogP contribution in [0.3, 0.4) is 0 Å². The second kappa shape index (κ2) is 10.4. The number of carbonyl (C=O) groups is 3. The van der Waals surface area contributed by atoms with Crippen LogP contribution in [0.5, 0.6) is 0 Å². The lowest BCUT2D eigenvalue weighted by molar-refractivity contribution is -0.155. The van der Waals surface area contributed by atoms with Gasteiger partial charge in [0.25, 0.3) is 5.91 Å². The van der Waals surface area contributed by atoms with Crippen LogP contribution in [-0.2, 0) is 14.3 Å². The van der Waals surface area contributed by atoms with Crippen LogP contribution in [0, 0.1) is 0 Å². The fourth-order valence-electron chi connectivity index (χ4n) is 1.84. The monoisotopic (exact) mass is 407 g/mol. The molecule has 4 N–H and O–H groups in total. The zero-order chi connectivity index (χ0) is 19.0. The number of ether oxygens (including phenoxy) is 1. The minimum atomic E-state index is -1.09. The third-order valence-corrected chi connectivity index (χ3v) is 4.08. The van der Waals surface area contributed by atoms with E-state index >= 15 is 0 Å². The Morgan fingerprint density at radius 2 is 1.84 bits per heavy atom. The molecule has 2 atom stereocenters. The molecule has 0 bridgehead atoms. The van der Waals surface area contributed by atoms with Gasteiger partial charge in [-0.15, -0.1) is 0 Å². The highest BCUT2D eigenvalue weighted by Gasteiger charge is 2.25. The molecule has 0 spiro atoms. The number of halogens is 2. The van der Waals surface area contributed by atoms with Gasteiger partial charge in [-0.05, 0) is 43.6 Å². The van der Waals surface area contributed by atoms with Crippen molar-refractivity contribution in [3.05, 3.63) is 28.2 Å². The number of primary amides is 1. The van der Waals surface area contributed by atoms with E-state index in [1.807, 2.05) is 6.26 Å². The maximum Gasteiger partial charge on any atom is 0.329 e. The summed E-state index contributed by atoms with van der Waals surface area (Å²) < 4.78 is 5.11. The summed E-state index contributed by atoms with van der Waals surface area (Å²) in [5, 5.41) is 5.57. The van der Waals surface area contributed by atoms with Crippen LogP contribution >= 0.6 is 35.0 Å². The first-order chi connectivity index (χ1) is 11.7. The van der Waals surface area contributed by atoms with E-state index in [4.69, 9.17) is 33.7 Å². The number of carbonyl (C=O) groups excluding carboxylic acids is 3. The maximum atomic E-state index is 12.1. The largest absolute Gasteiger partial charge is 0.451 e. The van der Waals surface area contributed by atoms with Gasteiger partial charge in [0.05, 0.1) is 0 Å². The quantitative estimate of drug-likeness (QED) is 0.573. The number of amides is 3. The van der Waals surface area contributed by atoms with Crippen LogP contribution in [0.4, 0.5) is 10.5 Å². The van der Waals surface area contributed by atoms with Gasteiger partial charge in [-0.1, -0.05) is 23.2 Å². The summed E-state index contributed by atoms with van der Waals surface area (Å²) in [7, 11) is 0. The van der Waals surface area contributed by atoms with E-state index in [1.54, 1.807) is 0 Å². The second-order valence-corrected chi connectivity index (χ2v) is 6.93. The van der Waals surface area contributed by atoms with Crippen LogP contribution in [0.2, 0.25) is 10.0 Å². The number of benzene rings is 1. The molecule has 7 nitrogen and oxygen atoms in total. The molecule has 0 radical (unpaired) electrons. The van der Waals surface area contributed by atoms with Crippen molar-refractivity contribution in [2.45, 2.75) is 25.5 Å². The van der Waals surface area contributed by atoms with Gasteiger partial charge in [-0.2, -0.15) is 11.8 Å². The zero-order valence-corrected chi connectivity index (χ0v) is 16.0. The van der Waals surface area contributed by atoms with Gasteiger partial charge in [0.2, 0.25) is 0 Å². The van der Waals surface area contributed by atoms with Crippen molar-refractivity contribution in [2.24, 2.45) is 5.73 Å². The van der Waals surface area contributed by atoms with Gasteiger partial charge in [-0.3, -0.25) is 4.79 Å². The first-order valence-electron chi connectivity index (χ1n) is 7.25. The molecule has 1 rings (SSSR count). The number of urea groups is 1. The lowest BCUT2D eigenvalue weighted by Gasteiger charge is -2.19. The van der Waals surface area contributed by atoms with E-state index in [0.29, 0.717) is 27.9 Å². The Hall–Kier alpha value is -1.64. The Kier molecular flexibility index (Phi) is 8.88. The highest BCUT2D eigenvalue weighted by atomic mass is 35.5. The van der Waals surface area contributed by atoms with Crippen LogP contribution in [0.1, 0.15) is 13.3 Å². The van der Waals surface area contributed by atoms with Gasteiger partial charge in [-0.25, -0.2) is 9.59 Å². The SMILES string of the molecule is CSCC[C@@H](NC(N)=O)C(=O)O[C@H](C)C(=O)Nc1cc(Cl)cc(Cl)c1. The van der Waals surface area contributed by atoms with Gasteiger partial charge >= 0.3 is 12.0 Å². The summed E-state index contributed by atoms with van der Waals surface area (Å²) in [6.07, 6.45) is 1.11. The molecular weight excluding hydrogens is 389 g/mol. The van der Waals surface area contributed by atoms with Crippen LogP contribution in [-0.4, -0.2) is 42.1 Å². The molecule has 0 saturated carbocycles. The molecule has 10 heteroatoms. The summed E-state index contributed by atoms with van der Waals surface area (Å²) in [6, 6.07) is 2.79. The second-order valence-electron chi connectivity index (χ2n) is 5.07. The first kappa shape index (κ1) is 21.4. The minimum Gasteiger partial charge on any atom is -0.451 e. The van der Waals surface area contributed by atoms with E-state index < -0.39 is 30.1 Å². The van der Waals surface area contributed by atoms with Crippen molar-refractivity contribution in [2.75, 3.05) is 17.3 Å². The molecule has 0 saturated heterocycles. The molecular formula is C15H19Cl2N3O4S. The van der Waals surface area contributed by atoms with E-state index in [-0.39, 0.29) is 0 Å². The maximum absolute atomic E-state index is 12.1. The highest BCUT2D eigenvalue weighted by molar-refractivity contribution is 7.98. The summed E-state index contributed by atoms with van der Waals surface area (Å²) >= 11 is 13.2. The smallest absolute Gasteiger partial charge is 0.329 e. The number of anilines is 1. The van der Waals surface area contributed by atoms with E-state index in [9.17, 15) is 14.4 Å². The summed E-state index contributed by atoms with van der Waals surface area (Å²) in [5.74, 6) is -0.684. The number of rotatable bonds is 8. The topological polar surface area (TPSA) is 111 Å². The predicted octanol–water partition coefficient (Wildman–Crippen LogP) is 2.65. The van der Waals surface area contributed by atoms with Gasteiger partial charge in [0.15, 0.2) is 6.10 Å². The minimum absolute atomic E-state index is 0.335. The molecule has 0 fully saturated rings. The fraction of sp³-hybridized carbons (Fsp3) is 0.400. The average Bonchev–Trinajstić information content (AvgIpc) is 2.49. The van der Waals surface area contributed by atoms with Gasteiger partial charge < -0.3 is 21.1 Å². The van der Waals surface area contributed by atoms with Crippen molar-refractivity contribution < 1.29 is 19.1 Å². The number of hydrogen-bond donors (Lipinski definition) is 3. The molecule has 0 heterocycles. The van der Waals surface area contributed by atoms with E-state index in [1.165, 1.54) is 36.9 Å². The Balaban J connectivity index is 2.67. The Labute approximate surface area is 159 Å². The third-order valence-electron chi connectivity index (χ3n) is 3.00. The fourth-order valence-corrected chi connectivity index (χ4v) is 2.83. The number of nitrogens with two attached hydrogens (primary N) is 1. The zero-order valence-electron chi connectivity index (χ0n) is 13.7. The molecule has 138 valence electrons. The average molecular weight is 408 g/mol. The lowest BCUT2D eigenvalue weighted by Crippen LogP contribution is -2.46. The lowest BCUT2D eigenvalue weighted by atomic mass is 10.2. The van der Waals surface area contributed by atoms with E-state index in [0.717, 1.165) is 0 Å². The standard InChI is InChI=1S/C15H19Cl2N3O4S/c1-8(13(21)19-11-6-9(16)5-10(17)7-11)24-14(22)12(3-4-25-2)20-15(18)23/h5-8,12H,3-4H2,1-2H3,(H,19,21)(H3,18,20,23)/t8-,12-/m1/s1. The molecule has 25 heavy (non-hydrogen) atoms. The molecule has 1 aromatic rings. The molecule has 1 aromatic carbocycles. The van der Waals surface area contributed by atoms with Crippen LogP contribution in [0.15, 0.2) is 18.2 Å². The Morgan fingerprint density at radius 3 is 2.36 bits per heavy atom. The van der Waals surface area contributed by atoms with Crippen molar-refractivity contribution in [1.29, 1.82) is 0 Å². The van der Waals surface area contributed by atoms with Crippen molar-refractivity contribution in [3.63, 3.8) is 0 Å². The Bertz CT molecular complexity index is 625. The summed E-state index contributed by atoms with van der Waals surface area (Å²) in [5.41, 5.74) is 5.43. The molecule has 3 amide bonds. The third kappa shape index (κ3) is 7.85. The van der Waals surface area contributed by atoms with Crippen molar-refractivity contribution >= 4 is 58.6 Å². The van der Waals surface area contributed by atoms with Crippen LogP contribution in [0.25, 0.3) is 0 Å². The molecule has 0 aliphatic rings. The van der Waals surface area contributed by atoms with Gasteiger partial charge in [0.1, 0.15) is 6.04 Å². The number of nitrogens with one attached hydrogen (secondary N) is 2. The van der Waals surface area contributed by atoms with Crippen LogP contribution < -0.4 is 16.4 Å². The number of esters is 1. The molecule has 0 aliphatic carbocycles. The Morgan fingerprint density at radius 1 is 1.24 bits per heavy atom. The van der Waals surface area contributed by atoms with Crippen molar-refractivity contribution in [1.82, 2.24) is 5.32 Å². The predicted molar refractivity (Wildman–Crippen MR) is 100 cm³/mol. The summed E-state index contributed by atoms with van der Waals surface area (Å²) in [6.45, 7) is 1.41. The summed E-state index contributed by atoms with van der Waals surface area (Å²) in [4.78, 5) is 35.3. The number of thioether (sulfide) groups is 1. The first-order valence-corrected chi connectivity index (χ1v) is 9.40. The molecule has 0 aliphatic heterocycles. The van der Waals surface area contributed by atoms with Crippen molar-refractivity contribution in [3.8, 4) is 0 Å². The van der Waals surface area contributed by atoms with E-state index in [2.05, 4.69) is 10.6 Å². The highest BCUT2D eigenvalue weighted by Crippen LogP contribution is 2.22. The molecule has 0 unspecified atom stereocenters. The van der Waals surface area contributed by atoms with Gasteiger partial charge in [0, 0.05) is 15.7 Å². The molecule has 0 aromatic heterocycles. The normalized spacial score (nSPS) is 12.8. The number of hydrogen-bond acceptors (Lipinski definition) is 5.